The van der Waals surface area contributed by atoms with Gasteiger partial charge in [-0.15, -0.1) is 0 Å². The van der Waals surface area contributed by atoms with Crippen LogP contribution in [0.4, 0.5) is 9.59 Å². The van der Waals surface area contributed by atoms with E-state index in [4.69, 9.17) is 98.1 Å². The van der Waals surface area contributed by atoms with Gasteiger partial charge in [-0.2, -0.15) is 0 Å². The summed E-state index contributed by atoms with van der Waals surface area (Å²) in [5, 5.41) is 21.7. The number of fused-ring (bicyclic) bond motifs is 3. The number of aryl methyl sites for hydroxylation is 3. The Labute approximate surface area is 798 Å². The molecule has 138 heavy (non-hydrogen) atoms. The first-order valence-electron chi connectivity index (χ1n) is 45.3. The predicted molar refractivity (Wildman–Crippen MR) is 494 cm³/mol. The highest BCUT2D eigenvalue weighted by molar-refractivity contribution is 7.91. The molecule has 0 aliphatic carbocycles. The van der Waals surface area contributed by atoms with Crippen molar-refractivity contribution in [1.29, 1.82) is 0 Å². The summed E-state index contributed by atoms with van der Waals surface area (Å²) in [6.45, 7) is 13.4. The van der Waals surface area contributed by atoms with Gasteiger partial charge in [0.05, 0.1) is 180 Å². The number of hydroxylamine groups is 4. The van der Waals surface area contributed by atoms with Gasteiger partial charge < -0.3 is 86.4 Å². The molecule has 1 aromatic heterocycles. The molecule has 2 atom stereocenters. The molecule has 4 aromatic carbocycles. The van der Waals surface area contributed by atoms with Gasteiger partial charge in [0.2, 0.25) is 5.91 Å². The first-order valence-corrected chi connectivity index (χ1v) is 48.6. The minimum Gasteiger partial charge on any atom is -0.428 e. The fraction of sp³-hybridized carbons (Fsp3) is 0.614. The molecule has 50 heteroatoms. The van der Waals surface area contributed by atoms with Gasteiger partial charge in [-0.3, -0.25) is 48.0 Å². The highest BCUT2D eigenvalue weighted by Crippen LogP contribution is 2.32. The maximum atomic E-state index is 13.4. The Bertz CT molecular complexity index is 4890. The summed E-state index contributed by atoms with van der Waals surface area (Å²) in [5.41, 5.74) is 37.2. The molecule has 2 unspecified atom stereocenters. The Morgan fingerprint density at radius 3 is 1.03 bits per heavy atom. The van der Waals surface area contributed by atoms with Crippen molar-refractivity contribution < 1.29 is 141 Å². The molecule has 3 heterocycles. The molecule has 2 aliphatic rings. The molecule has 2 N–H and O–H groups in total. The average molecular weight is 1980 g/mol. The number of Topliss-reactive ketones (excluding diaryl/α,β-unsaturated/α-hetero) is 1. The number of aromatic nitrogens is 1. The van der Waals surface area contributed by atoms with E-state index in [-0.39, 0.29) is 190 Å². The van der Waals surface area contributed by atoms with Gasteiger partial charge in [0.25, 0.3) is 35.4 Å². The van der Waals surface area contributed by atoms with E-state index in [1.54, 1.807) is 53.4 Å². The minimum atomic E-state index is -3.95. The molecule has 7 rings (SSSR count). The number of hydrogen-bond acceptors (Lipinski definition) is 34. The molecule has 0 bridgehead atoms. The fourth-order valence-electron chi connectivity index (χ4n) is 13.3. The van der Waals surface area contributed by atoms with Crippen LogP contribution in [0.5, 0.6) is 0 Å². The summed E-state index contributed by atoms with van der Waals surface area (Å²) in [4.78, 5) is 149. The number of sulfone groups is 2. The van der Waals surface area contributed by atoms with Crippen LogP contribution in [0.2, 0.25) is 0 Å². The highest BCUT2D eigenvalue weighted by atomic mass is 32.2. The summed E-state index contributed by atoms with van der Waals surface area (Å²) in [6, 6.07) is 23.2. The smallest absolute Gasteiger partial charge is 0.428 e. The van der Waals surface area contributed by atoms with Crippen molar-refractivity contribution in [3.05, 3.63) is 149 Å². The first kappa shape index (κ1) is 115. The predicted octanol–water partition coefficient (Wildman–Crippen LogP) is 10.1. The molecule has 5 aromatic rings. The van der Waals surface area contributed by atoms with E-state index in [1.807, 2.05) is 30.5 Å². The maximum Gasteiger partial charge on any atom is 0.534 e. The zero-order valence-corrected chi connectivity index (χ0v) is 79.4. The Kier molecular flexibility index (Phi) is 56.9. The lowest BCUT2D eigenvalue weighted by atomic mass is 10.1. The first-order chi connectivity index (χ1) is 66.9. The molecule has 2 fully saturated rings. The van der Waals surface area contributed by atoms with Crippen LogP contribution in [0, 0.1) is 13.8 Å². The van der Waals surface area contributed by atoms with Crippen molar-refractivity contribution in [2.45, 2.75) is 139 Å². The molecule has 2 saturated heterocycles. The third-order valence-electron chi connectivity index (χ3n) is 20.3. The van der Waals surface area contributed by atoms with Crippen molar-refractivity contribution in [1.82, 2.24) is 30.2 Å². The summed E-state index contributed by atoms with van der Waals surface area (Å²) >= 11 is 0. The van der Waals surface area contributed by atoms with Gasteiger partial charge in [0.15, 0.2) is 19.7 Å². The van der Waals surface area contributed by atoms with Crippen LogP contribution in [0.1, 0.15) is 128 Å². The van der Waals surface area contributed by atoms with E-state index in [1.165, 1.54) is 24.3 Å². The maximum absolute atomic E-state index is 13.4. The standard InChI is InChI=1S/C53H70N10O16S.C35H54N8O14S/c1-39-9-13-44(14-10-39)80(70,71)38-43(78-53(69)79-63-49(65)17-18-50(63)66)8-3-2-6-42(64)7-4-5-23-62-47-36-40(51(67)56-19-24-72-28-32-76-34-30-74-26-21-58-60-54)11-15-45(47)46-16-12-41(37-48(46)62)52(68)57-20-25-73-29-33-77-35-31-75-27-22-59-61-55;1-29-6-8-31(9-7-29)58(48,49)28-30(56-35(47)57-43-33(45)10-11-34(43)46)4-2-3-5-32(44)42(14-18-52-22-26-54-24-20-50-16-12-38-40-36)15-19-53-23-27-55-25-21-51-17-13-39-41-37/h9-16,36-37,43H,2-8,17-35,38H2,1H3,(H,56,67)(H,57,68);6-9,30H,2-5,10-28H2,1H3. The number of benzene rings is 4. The molecule has 758 valence electrons. The van der Waals surface area contributed by atoms with Gasteiger partial charge in [-0.25, -0.2) is 26.4 Å². The zero-order chi connectivity index (χ0) is 99.7. The van der Waals surface area contributed by atoms with Crippen molar-refractivity contribution in [3.8, 4) is 0 Å². The number of azide groups is 4. The average Bonchev–Trinajstić information content (AvgIpc) is 1.60. The Hall–Kier alpha value is -11.8. The van der Waals surface area contributed by atoms with Gasteiger partial charge >= 0.3 is 12.3 Å². The van der Waals surface area contributed by atoms with Gasteiger partial charge in [0, 0.05) is 156 Å². The number of carbonyl (C=O) groups is 10. The molecular weight excluding hydrogens is 1850 g/mol. The number of carbonyl (C=O) groups excluding carboxylic acids is 10. The van der Waals surface area contributed by atoms with Crippen LogP contribution in [0.15, 0.2) is 115 Å². The van der Waals surface area contributed by atoms with E-state index < -0.39 is 79.3 Å². The van der Waals surface area contributed by atoms with Crippen LogP contribution >= 0.6 is 0 Å². The number of imide groups is 2. The van der Waals surface area contributed by atoms with Crippen molar-refractivity contribution >= 4 is 101 Å². The van der Waals surface area contributed by atoms with Crippen LogP contribution in [-0.4, -0.2) is 331 Å². The van der Waals surface area contributed by atoms with E-state index in [0.717, 1.165) is 32.9 Å². The fourth-order valence-corrected chi connectivity index (χ4v) is 16.2. The number of nitrogens with one attached hydrogen (secondary N) is 2. The lowest BCUT2D eigenvalue weighted by Gasteiger charge is -2.23. The van der Waals surface area contributed by atoms with Crippen molar-refractivity contribution in [2.75, 3.05) is 222 Å². The largest absolute Gasteiger partial charge is 0.534 e. The van der Waals surface area contributed by atoms with E-state index in [0.29, 0.717) is 179 Å². The third kappa shape index (κ3) is 46.6. The number of hydrogen-bond donors (Lipinski definition) is 2. The molecule has 0 radical (unpaired) electrons. The van der Waals surface area contributed by atoms with Crippen LogP contribution in [-0.2, 0) is 131 Å². The molecule has 2 aliphatic heterocycles. The Morgan fingerprint density at radius 2 is 0.696 bits per heavy atom. The number of unbranched alkanes of at least 4 members (excludes halogenated alkanes) is 3. The number of nitrogens with zero attached hydrogens (tertiary/aromatic N) is 16. The Morgan fingerprint density at radius 1 is 0.391 bits per heavy atom. The quantitative estimate of drug-likeness (QED) is 0.00912. The molecule has 0 saturated carbocycles. The molecular formula is C88H124N18O30S2. The van der Waals surface area contributed by atoms with Gasteiger partial charge in [-0.05, 0) is 136 Å². The second-order valence-electron chi connectivity index (χ2n) is 30.7. The number of ketones is 1. The van der Waals surface area contributed by atoms with Crippen molar-refractivity contribution in [3.63, 3.8) is 0 Å². The van der Waals surface area contributed by atoms with Crippen LogP contribution in [0.3, 0.4) is 0 Å². The lowest BCUT2D eigenvalue weighted by Crippen LogP contribution is -2.37. The third-order valence-corrected chi connectivity index (χ3v) is 23.9. The number of amides is 7. The van der Waals surface area contributed by atoms with E-state index in [2.05, 4.69) is 50.7 Å². The van der Waals surface area contributed by atoms with Crippen LogP contribution in [0.25, 0.3) is 63.6 Å². The lowest BCUT2D eigenvalue weighted by molar-refractivity contribution is -0.179. The van der Waals surface area contributed by atoms with E-state index >= 15 is 0 Å². The zero-order valence-electron chi connectivity index (χ0n) is 77.8. The summed E-state index contributed by atoms with van der Waals surface area (Å²) in [6.07, 6.45) is -2.76. The number of rotatable bonds is 75. The second-order valence-corrected chi connectivity index (χ2v) is 34.7. The van der Waals surface area contributed by atoms with Gasteiger partial charge in [-0.1, -0.05) is 78.1 Å². The van der Waals surface area contributed by atoms with Crippen molar-refractivity contribution in [2.24, 2.45) is 20.5 Å². The SMILES string of the molecule is Cc1ccc(S(=O)(=O)CC(CCCCC(=O)CCCCn2c3cc(C(=O)NCCOCCOCCOCCN=[N+]=[N-])ccc3c3ccc(C(=O)NCCOCCOCCOCCN=[N+]=[N-])cc32)OC(=O)ON2C(=O)CCC2=O)cc1.Cc1ccc(S(=O)(=O)CC(CCCCC(=O)N(CCOCCOCCOCCN=[N+]=[N-])CCOCCOCCOCCN=[N+]=[N-])OC(=O)ON2C(=O)CCC2=O)cc1. The van der Waals surface area contributed by atoms with Crippen LogP contribution < -0.4 is 10.6 Å². The minimum absolute atomic E-state index is 0.0247. The summed E-state index contributed by atoms with van der Waals surface area (Å²) in [7, 11) is -7.88. The topological polar surface area (TPSA) is 620 Å². The molecule has 48 nitrogen and oxygen atoms in total. The molecule has 7 amide bonds. The highest BCUT2D eigenvalue weighted by Gasteiger charge is 2.37. The summed E-state index contributed by atoms with van der Waals surface area (Å²) in [5.74, 6) is -4.90. The monoisotopic (exact) mass is 1980 g/mol. The second kappa shape index (κ2) is 68.3. The summed E-state index contributed by atoms with van der Waals surface area (Å²) < 4.78 is 131. The number of ether oxygens (including phenoxy) is 14. The van der Waals surface area contributed by atoms with E-state index in [9.17, 15) is 64.8 Å². The Balaban J connectivity index is 0.000000447. The van der Waals surface area contributed by atoms with Gasteiger partial charge in [0.1, 0.15) is 18.0 Å². The molecule has 0 spiro atoms. The normalized spacial score (nSPS) is 12.9.